The highest BCUT2D eigenvalue weighted by Crippen LogP contribution is 2.42. The molecule has 5 rings (SSSR count). The van der Waals surface area contributed by atoms with Gasteiger partial charge in [-0.1, -0.05) is 25.5 Å². The van der Waals surface area contributed by atoms with E-state index < -0.39 is 17.7 Å². The number of benzene rings is 1. The average molecular weight is 563 g/mol. The van der Waals surface area contributed by atoms with Crippen molar-refractivity contribution >= 4 is 23.1 Å². The zero-order chi connectivity index (χ0) is 28.9. The molecule has 0 bridgehead atoms. The topological polar surface area (TPSA) is 106 Å². The van der Waals surface area contributed by atoms with Crippen LogP contribution in [0.1, 0.15) is 49.7 Å². The largest absolute Gasteiger partial charge is 0.505 e. The Hall–Kier alpha value is -3.89. The lowest BCUT2D eigenvalue weighted by atomic mass is 9.96. The number of fused-ring (bicyclic) bond motifs is 1. The molecule has 1 amide bonds. The third kappa shape index (κ3) is 5.80. The Labute approximate surface area is 240 Å². The van der Waals surface area contributed by atoms with Crippen molar-refractivity contribution in [3.63, 3.8) is 0 Å². The molecule has 218 valence electrons. The highest BCUT2D eigenvalue weighted by Gasteiger charge is 2.46. The normalized spacial score (nSPS) is 19.3. The first kappa shape index (κ1) is 28.6. The van der Waals surface area contributed by atoms with Gasteiger partial charge in [-0.25, -0.2) is 4.98 Å². The summed E-state index contributed by atoms with van der Waals surface area (Å²) in [6, 6.07) is 10.2. The number of hydrogen-bond acceptors (Lipinski definition) is 8. The number of imidazole rings is 1. The van der Waals surface area contributed by atoms with E-state index in [4.69, 9.17) is 14.2 Å². The van der Waals surface area contributed by atoms with Gasteiger partial charge in [-0.2, -0.15) is 0 Å². The molecule has 2 fully saturated rings. The van der Waals surface area contributed by atoms with Crippen LogP contribution >= 0.6 is 0 Å². The molecule has 2 aromatic heterocycles. The van der Waals surface area contributed by atoms with Crippen LogP contribution in [0.5, 0.6) is 11.5 Å². The van der Waals surface area contributed by atoms with Crippen LogP contribution in [0.15, 0.2) is 48.2 Å². The van der Waals surface area contributed by atoms with Gasteiger partial charge in [0.25, 0.3) is 11.7 Å². The number of morpholine rings is 1. The Bertz CT molecular complexity index is 1440. The molecule has 1 unspecified atom stereocenters. The minimum Gasteiger partial charge on any atom is -0.505 e. The van der Waals surface area contributed by atoms with Crippen LogP contribution in [0.2, 0.25) is 0 Å². The molecule has 3 aromatic rings. The number of hydrogen-bond donors (Lipinski definition) is 1. The number of ether oxygens (including phenoxy) is 3. The van der Waals surface area contributed by atoms with E-state index in [0.717, 1.165) is 25.9 Å². The lowest BCUT2D eigenvalue weighted by Crippen LogP contribution is -2.42. The first-order valence-electron chi connectivity index (χ1n) is 14.4. The minimum absolute atomic E-state index is 0.0350. The summed E-state index contributed by atoms with van der Waals surface area (Å²) < 4.78 is 19.1. The van der Waals surface area contributed by atoms with Crippen LogP contribution in [0.25, 0.3) is 11.4 Å². The first-order chi connectivity index (χ1) is 19.9. The molecule has 2 saturated heterocycles. The standard InChI is InChI=1S/C31H38N4O6/c1-4-6-17-41-23-11-10-22(20-24(23)40-5-2)28-26(29(36)27-21(3)32-25-9-7-8-12-34(25)27)30(37)31(38)35(28)14-13-33-15-18-39-19-16-33/h7-12,20,28,36H,4-6,13-19H2,1-3H3. The van der Waals surface area contributed by atoms with E-state index in [1.54, 1.807) is 22.4 Å². The van der Waals surface area contributed by atoms with Crippen LogP contribution in [-0.2, 0) is 14.3 Å². The van der Waals surface area contributed by atoms with Gasteiger partial charge in [0, 0.05) is 32.4 Å². The van der Waals surface area contributed by atoms with Gasteiger partial charge >= 0.3 is 0 Å². The van der Waals surface area contributed by atoms with Gasteiger partial charge in [-0.3, -0.25) is 18.9 Å². The predicted molar refractivity (Wildman–Crippen MR) is 154 cm³/mol. The monoisotopic (exact) mass is 562 g/mol. The summed E-state index contributed by atoms with van der Waals surface area (Å²) in [7, 11) is 0. The smallest absolute Gasteiger partial charge is 0.295 e. The fourth-order valence-corrected chi connectivity index (χ4v) is 5.47. The maximum absolute atomic E-state index is 13.7. The number of amides is 1. The zero-order valence-corrected chi connectivity index (χ0v) is 24.0. The molecule has 0 spiro atoms. The van der Waals surface area contributed by atoms with Gasteiger partial charge < -0.3 is 24.2 Å². The molecule has 1 N–H and O–H groups in total. The highest BCUT2D eigenvalue weighted by molar-refractivity contribution is 6.46. The third-order valence-corrected chi connectivity index (χ3v) is 7.57. The predicted octanol–water partition coefficient (Wildman–Crippen LogP) is 3.97. The number of aromatic nitrogens is 2. The second kappa shape index (κ2) is 12.7. The van der Waals surface area contributed by atoms with Crippen LogP contribution in [-0.4, -0.2) is 88.6 Å². The van der Waals surface area contributed by atoms with E-state index in [1.165, 1.54) is 0 Å². The molecule has 1 atom stereocenters. The number of aliphatic hydroxyl groups is 1. The molecule has 0 saturated carbocycles. The number of aliphatic hydroxyl groups excluding tert-OH is 1. The fraction of sp³-hybridized carbons (Fsp3) is 0.452. The van der Waals surface area contributed by atoms with Crippen molar-refractivity contribution in [1.82, 2.24) is 19.2 Å². The summed E-state index contributed by atoms with van der Waals surface area (Å²) in [4.78, 5) is 35.5. The Morgan fingerprint density at radius 3 is 2.63 bits per heavy atom. The van der Waals surface area contributed by atoms with Crippen molar-refractivity contribution in [1.29, 1.82) is 0 Å². The minimum atomic E-state index is -0.811. The van der Waals surface area contributed by atoms with Crippen LogP contribution in [0.4, 0.5) is 0 Å². The molecule has 10 heteroatoms. The molecule has 0 radical (unpaired) electrons. The molecule has 2 aliphatic heterocycles. The van der Waals surface area contributed by atoms with Crippen molar-refractivity contribution in [3.8, 4) is 11.5 Å². The number of nitrogens with zero attached hydrogens (tertiary/aromatic N) is 4. The number of ketones is 1. The Balaban J connectivity index is 1.60. The van der Waals surface area contributed by atoms with E-state index in [2.05, 4.69) is 16.8 Å². The molecular formula is C31H38N4O6. The van der Waals surface area contributed by atoms with Crippen LogP contribution in [0, 0.1) is 6.92 Å². The van der Waals surface area contributed by atoms with E-state index in [1.807, 2.05) is 43.3 Å². The summed E-state index contributed by atoms with van der Waals surface area (Å²) in [5.74, 6) is -0.476. The highest BCUT2D eigenvalue weighted by atomic mass is 16.5. The van der Waals surface area contributed by atoms with E-state index in [0.29, 0.717) is 73.6 Å². The van der Waals surface area contributed by atoms with Gasteiger partial charge in [-0.05, 0) is 50.1 Å². The fourth-order valence-electron chi connectivity index (χ4n) is 5.47. The third-order valence-electron chi connectivity index (χ3n) is 7.57. The lowest BCUT2D eigenvalue weighted by molar-refractivity contribution is -0.140. The van der Waals surface area contributed by atoms with Crippen LogP contribution < -0.4 is 9.47 Å². The zero-order valence-electron chi connectivity index (χ0n) is 24.0. The van der Waals surface area contributed by atoms with Gasteiger partial charge in [0.15, 0.2) is 17.3 Å². The van der Waals surface area contributed by atoms with E-state index >= 15 is 0 Å². The van der Waals surface area contributed by atoms with Crippen molar-refractivity contribution in [2.75, 3.05) is 52.6 Å². The molecular weight excluding hydrogens is 524 g/mol. The maximum Gasteiger partial charge on any atom is 0.295 e. The first-order valence-corrected chi connectivity index (χ1v) is 14.4. The van der Waals surface area contributed by atoms with Crippen molar-refractivity contribution < 1.29 is 28.9 Å². The molecule has 10 nitrogen and oxygen atoms in total. The Morgan fingerprint density at radius 1 is 1.07 bits per heavy atom. The molecule has 1 aromatic carbocycles. The number of aryl methyl sites for hydroxylation is 1. The number of Topliss-reactive ketones (excluding diaryl/α,β-unsaturated/α-hetero) is 1. The quantitative estimate of drug-likeness (QED) is 0.162. The Morgan fingerprint density at radius 2 is 1.88 bits per heavy atom. The van der Waals surface area contributed by atoms with Crippen molar-refractivity contribution in [2.24, 2.45) is 0 Å². The second-order valence-electron chi connectivity index (χ2n) is 10.3. The summed E-state index contributed by atoms with van der Waals surface area (Å²) in [5.41, 5.74) is 2.28. The van der Waals surface area contributed by atoms with Crippen LogP contribution in [0.3, 0.4) is 0 Å². The number of rotatable bonds is 11. The molecule has 41 heavy (non-hydrogen) atoms. The van der Waals surface area contributed by atoms with Gasteiger partial charge in [0.05, 0.1) is 43.7 Å². The summed E-state index contributed by atoms with van der Waals surface area (Å²) in [6.07, 6.45) is 3.69. The summed E-state index contributed by atoms with van der Waals surface area (Å²) in [5, 5.41) is 11.7. The molecule has 4 heterocycles. The molecule has 2 aliphatic rings. The number of pyridine rings is 1. The molecule has 0 aliphatic carbocycles. The van der Waals surface area contributed by atoms with Gasteiger partial charge in [0.2, 0.25) is 0 Å². The van der Waals surface area contributed by atoms with Gasteiger partial charge in [-0.15, -0.1) is 0 Å². The number of carbonyl (C=O) groups is 2. The SMILES string of the molecule is CCCCOc1ccc(C2C(=C(O)c3c(C)nc4ccccn34)C(=O)C(=O)N2CCN2CCOCC2)cc1OCC. The summed E-state index contributed by atoms with van der Waals surface area (Å²) in [6.45, 7) is 10.4. The van der Waals surface area contributed by atoms with Gasteiger partial charge in [0.1, 0.15) is 11.3 Å². The van der Waals surface area contributed by atoms with E-state index in [-0.39, 0.29) is 11.3 Å². The number of likely N-dealkylation sites (tertiary alicyclic amines) is 1. The van der Waals surface area contributed by atoms with Crippen molar-refractivity contribution in [3.05, 3.63) is 65.1 Å². The maximum atomic E-state index is 13.7. The summed E-state index contributed by atoms with van der Waals surface area (Å²) >= 11 is 0. The van der Waals surface area contributed by atoms with E-state index in [9.17, 15) is 14.7 Å². The number of unbranched alkanes of at least 4 members (excludes halogenated alkanes) is 1. The second-order valence-corrected chi connectivity index (χ2v) is 10.3. The average Bonchev–Trinajstić information content (AvgIpc) is 3.45. The van der Waals surface area contributed by atoms with Crippen molar-refractivity contribution in [2.45, 2.75) is 39.7 Å². The lowest BCUT2D eigenvalue weighted by Gasteiger charge is -2.31. The Kier molecular flexibility index (Phi) is 8.90. The number of carbonyl (C=O) groups excluding carboxylic acids is 2.